The first kappa shape index (κ1) is 21.4. The highest BCUT2D eigenvalue weighted by atomic mass is 32.2. The van der Waals surface area contributed by atoms with Crippen LogP contribution in [0.15, 0.2) is 63.7 Å². The number of aromatic nitrogens is 3. The quantitative estimate of drug-likeness (QED) is 0.193. The van der Waals surface area contributed by atoms with Crippen LogP contribution in [0.4, 0.5) is 0 Å². The van der Waals surface area contributed by atoms with Crippen molar-refractivity contribution in [1.29, 1.82) is 0 Å². The summed E-state index contributed by atoms with van der Waals surface area (Å²) in [5.41, 5.74) is 3.14. The lowest BCUT2D eigenvalue weighted by molar-refractivity contribution is 0.831. The summed E-state index contributed by atoms with van der Waals surface area (Å²) in [6.07, 6.45) is 8.63. The zero-order valence-corrected chi connectivity index (χ0v) is 20.4. The fourth-order valence-electron chi connectivity index (χ4n) is 2.73. The van der Waals surface area contributed by atoms with E-state index in [0.29, 0.717) is 11.8 Å². The molecule has 1 atom stereocenters. The SMILES string of the molecule is CC(C)/C=C/C=C/[C@H](C)c1nc(-c2nc(CSc3nc4ccccc4s3)cs2)cs1. The van der Waals surface area contributed by atoms with E-state index in [-0.39, 0.29) is 0 Å². The smallest absolute Gasteiger partial charge is 0.151 e. The fraction of sp³-hybridized carbons (Fsp3) is 0.261. The molecule has 0 N–H and O–H groups in total. The molecule has 0 radical (unpaired) electrons. The Bertz CT molecular complexity index is 1130. The molecule has 0 bridgehead atoms. The van der Waals surface area contributed by atoms with Gasteiger partial charge in [-0.25, -0.2) is 15.0 Å². The molecule has 3 nitrogen and oxygen atoms in total. The zero-order valence-electron chi connectivity index (χ0n) is 17.1. The summed E-state index contributed by atoms with van der Waals surface area (Å²) in [6.45, 7) is 6.55. The van der Waals surface area contributed by atoms with Crippen LogP contribution in [0.2, 0.25) is 0 Å². The van der Waals surface area contributed by atoms with Crippen LogP contribution >= 0.6 is 45.8 Å². The van der Waals surface area contributed by atoms with E-state index in [9.17, 15) is 0 Å². The van der Waals surface area contributed by atoms with Gasteiger partial charge in [0.2, 0.25) is 0 Å². The summed E-state index contributed by atoms with van der Waals surface area (Å²) in [5.74, 6) is 1.70. The molecule has 0 aliphatic heterocycles. The van der Waals surface area contributed by atoms with E-state index in [1.54, 1.807) is 45.8 Å². The van der Waals surface area contributed by atoms with Crippen molar-refractivity contribution in [3.05, 3.63) is 70.0 Å². The van der Waals surface area contributed by atoms with Crippen LogP contribution in [0.5, 0.6) is 0 Å². The van der Waals surface area contributed by atoms with E-state index in [2.05, 4.69) is 74.0 Å². The van der Waals surface area contributed by atoms with E-state index in [1.165, 1.54) is 4.70 Å². The third-order valence-corrected chi connectivity index (χ3v) is 8.48. The van der Waals surface area contributed by atoms with Gasteiger partial charge in [0.05, 0.1) is 20.9 Å². The first-order valence-electron chi connectivity index (χ1n) is 9.82. The normalized spacial score (nSPS) is 13.3. The highest BCUT2D eigenvalue weighted by molar-refractivity contribution is 8.00. The Kier molecular flexibility index (Phi) is 7.15. The van der Waals surface area contributed by atoms with Gasteiger partial charge < -0.3 is 0 Å². The van der Waals surface area contributed by atoms with E-state index in [4.69, 9.17) is 15.0 Å². The molecule has 0 aliphatic rings. The lowest BCUT2D eigenvalue weighted by Crippen LogP contribution is -1.88. The average Bonchev–Trinajstić information content (AvgIpc) is 3.47. The average molecular weight is 470 g/mol. The highest BCUT2D eigenvalue weighted by Gasteiger charge is 2.13. The van der Waals surface area contributed by atoms with Crippen molar-refractivity contribution in [2.24, 2.45) is 5.92 Å². The molecule has 0 amide bonds. The predicted octanol–water partition coefficient (Wildman–Crippen LogP) is 8.04. The predicted molar refractivity (Wildman–Crippen MR) is 134 cm³/mol. The van der Waals surface area contributed by atoms with E-state index in [0.717, 1.165) is 37.0 Å². The highest BCUT2D eigenvalue weighted by Crippen LogP contribution is 2.33. The molecule has 30 heavy (non-hydrogen) atoms. The molecule has 1 aromatic carbocycles. The Morgan fingerprint density at radius 2 is 1.80 bits per heavy atom. The van der Waals surface area contributed by atoms with Gasteiger partial charge in [-0.2, -0.15) is 0 Å². The van der Waals surface area contributed by atoms with Crippen molar-refractivity contribution >= 4 is 56.0 Å². The minimum Gasteiger partial charge on any atom is -0.239 e. The van der Waals surface area contributed by atoms with Crippen molar-refractivity contribution in [3.8, 4) is 10.7 Å². The molecule has 4 aromatic rings. The maximum atomic E-state index is 4.83. The number of rotatable bonds is 8. The molecular formula is C23H23N3S4. The topological polar surface area (TPSA) is 38.7 Å². The first-order chi connectivity index (χ1) is 14.6. The van der Waals surface area contributed by atoms with Gasteiger partial charge in [-0.15, -0.1) is 34.0 Å². The lowest BCUT2D eigenvalue weighted by Gasteiger charge is -1.99. The summed E-state index contributed by atoms with van der Waals surface area (Å²) >= 11 is 6.86. The van der Waals surface area contributed by atoms with Crippen molar-refractivity contribution in [2.45, 2.75) is 36.8 Å². The summed E-state index contributed by atoms with van der Waals surface area (Å²) in [5, 5.41) is 6.37. The molecule has 0 saturated heterocycles. The van der Waals surface area contributed by atoms with Gasteiger partial charge >= 0.3 is 0 Å². The van der Waals surface area contributed by atoms with Gasteiger partial charge in [-0.1, -0.05) is 69.0 Å². The number of hydrogen-bond donors (Lipinski definition) is 0. The summed E-state index contributed by atoms with van der Waals surface area (Å²) < 4.78 is 2.32. The van der Waals surface area contributed by atoms with Gasteiger partial charge in [0, 0.05) is 22.4 Å². The molecule has 3 aromatic heterocycles. The second-order valence-corrected chi connectivity index (χ2v) is 11.3. The monoisotopic (exact) mass is 469 g/mol. The third kappa shape index (κ3) is 5.46. The Hall–Kier alpha value is -1.80. The van der Waals surface area contributed by atoms with Gasteiger partial charge in [-0.3, -0.25) is 0 Å². The molecule has 154 valence electrons. The van der Waals surface area contributed by atoms with Crippen LogP contribution < -0.4 is 0 Å². The summed E-state index contributed by atoms with van der Waals surface area (Å²) in [4.78, 5) is 14.3. The maximum absolute atomic E-state index is 4.83. The number of para-hydroxylation sites is 1. The van der Waals surface area contributed by atoms with Crippen molar-refractivity contribution in [2.75, 3.05) is 0 Å². The lowest BCUT2D eigenvalue weighted by atomic mass is 10.1. The minimum absolute atomic E-state index is 0.301. The van der Waals surface area contributed by atoms with Gasteiger partial charge in [0.15, 0.2) is 4.34 Å². The Labute approximate surface area is 193 Å². The molecule has 4 rings (SSSR count). The summed E-state index contributed by atoms with van der Waals surface area (Å²) in [6, 6.07) is 8.27. The molecule has 0 unspecified atom stereocenters. The number of benzene rings is 1. The number of hydrogen-bond acceptors (Lipinski definition) is 7. The molecule has 3 heterocycles. The molecule has 0 fully saturated rings. The van der Waals surface area contributed by atoms with Crippen LogP contribution in [0, 0.1) is 5.92 Å². The van der Waals surface area contributed by atoms with Gasteiger partial charge in [0.25, 0.3) is 0 Å². The maximum Gasteiger partial charge on any atom is 0.151 e. The van der Waals surface area contributed by atoms with E-state index in [1.807, 2.05) is 6.07 Å². The van der Waals surface area contributed by atoms with Gasteiger partial charge in [0.1, 0.15) is 10.7 Å². The summed E-state index contributed by atoms with van der Waals surface area (Å²) in [7, 11) is 0. The zero-order chi connectivity index (χ0) is 20.9. The van der Waals surface area contributed by atoms with Crippen LogP contribution in [-0.2, 0) is 5.75 Å². The van der Waals surface area contributed by atoms with Crippen molar-refractivity contribution < 1.29 is 0 Å². The number of allylic oxidation sites excluding steroid dienone is 4. The number of thioether (sulfide) groups is 1. The standard InChI is InChI=1S/C23H23N3S4/c1-15(2)8-4-5-9-16(3)21-25-19(14-28-21)22-24-17(12-27-22)13-29-23-26-18-10-6-7-11-20(18)30-23/h4-12,14-16H,13H2,1-3H3/b8-4+,9-5+/t16-/m0/s1. The molecule has 0 spiro atoms. The number of thiazole rings is 3. The van der Waals surface area contributed by atoms with Crippen molar-refractivity contribution in [3.63, 3.8) is 0 Å². The third-order valence-electron chi connectivity index (χ3n) is 4.31. The Balaban J connectivity index is 1.38. The number of nitrogens with zero attached hydrogens (tertiary/aromatic N) is 3. The Morgan fingerprint density at radius 3 is 2.63 bits per heavy atom. The molecular weight excluding hydrogens is 447 g/mol. The van der Waals surface area contributed by atoms with E-state index >= 15 is 0 Å². The Morgan fingerprint density at radius 1 is 0.967 bits per heavy atom. The van der Waals surface area contributed by atoms with E-state index < -0.39 is 0 Å². The van der Waals surface area contributed by atoms with Gasteiger partial charge in [-0.05, 0) is 18.1 Å². The van der Waals surface area contributed by atoms with Crippen LogP contribution in [0.3, 0.4) is 0 Å². The van der Waals surface area contributed by atoms with Crippen LogP contribution in [-0.4, -0.2) is 15.0 Å². The molecule has 7 heteroatoms. The van der Waals surface area contributed by atoms with Crippen molar-refractivity contribution in [1.82, 2.24) is 15.0 Å². The first-order valence-corrected chi connectivity index (χ1v) is 13.4. The largest absolute Gasteiger partial charge is 0.239 e. The number of fused-ring (bicyclic) bond motifs is 1. The van der Waals surface area contributed by atoms with Crippen LogP contribution in [0.1, 0.15) is 37.4 Å². The second kappa shape index (κ2) is 10.0. The minimum atomic E-state index is 0.301. The molecule has 0 aliphatic carbocycles. The fourth-order valence-corrected chi connectivity index (χ4v) is 6.49. The molecule has 0 saturated carbocycles. The van der Waals surface area contributed by atoms with Crippen LogP contribution in [0.25, 0.3) is 20.9 Å². The second-order valence-electron chi connectivity index (χ2n) is 7.25.